The first kappa shape index (κ1) is 11.4. The SMILES string of the molecule is CCCN(C1CC1)C1CCC(C)(C)C1N. The molecule has 2 unspecified atom stereocenters. The maximum atomic E-state index is 6.41. The lowest BCUT2D eigenvalue weighted by Gasteiger charge is -2.35. The number of nitrogens with zero attached hydrogens (tertiary/aromatic N) is 1. The van der Waals surface area contributed by atoms with E-state index in [1.165, 1.54) is 38.6 Å². The normalized spacial score (nSPS) is 35.0. The van der Waals surface area contributed by atoms with Gasteiger partial charge in [-0.3, -0.25) is 4.90 Å². The minimum atomic E-state index is 0.353. The van der Waals surface area contributed by atoms with Crippen molar-refractivity contribution in [2.45, 2.75) is 71.0 Å². The molecule has 2 saturated carbocycles. The molecule has 2 aliphatic carbocycles. The molecular formula is C13H26N2. The maximum Gasteiger partial charge on any atom is 0.0255 e. The van der Waals surface area contributed by atoms with E-state index in [2.05, 4.69) is 25.7 Å². The van der Waals surface area contributed by atoms with Gasteiger partial charge in [-0.25, -0.2) is 0 Å². The van der Waals surface area contributed by atoms with Gasteiger partial charge in [-0.1, -0.05) is 20.8 Å². The molecule has 0 aromatic rings. The number of nitrogens with two attached hydrogens (primary N) is 1. The fourth-order valence-corrected chi connectivity index (χ4v) is 3.04. The van der Waals surface area contributed by atoms with Gasteiger partial charge in [0.1, 0.15) is 0 Å². The highest BCUT2D eigenvalue weighted by molar-refractivity contribution is 5.02. The molecule has 0 bridgehead atoms. The molecule has 2 rings (SSSR count). The Hall–Kier alpha value is -0.0800. The van der Waals surface area contributed by atoms with E-state index in [4.69, 9.17) is 5.73 Å². The van der Waals surface area contributed by atoms with E-state index in [0.717, 1.165) is 6.04 Å². The molecule has 2 atom stereocenters. The van der Waals surface area contributed by atoms with Gasteiger partial charge < -0.3 is 5.73 Å². The van der Waals surface area contributed by atoms with Crippen LogP contribution in [0.4, 0.5) is 0 Å². The minimum absolute atomic E-state index is 0.353. The van der Waals surface area contributed by atoms with Crippen LogP contribution in [0.5, 0.6) is 0 Å². The molecule has 0 aromatic heterocycles. The maximum absolute atomic E-state index is 6.41. The van der Waals surface area contributed by atoms with Crippen LogP contribution in [0.2, 0.25) is 0 Å². The Bertz CT molecular complexity index is 221. The summed E-state index contributed by atoms with van der Waals surface area (Å²) in [5.41, 5.74) is 6.76. The van der Waals surface area contributed by atoms with E-state index in [-0.39, 0.29) is 0 Å². The van der Waals surface area contributed by atoms with Crippen LogP contribution in [0.15, 0.2) is 0 Å². The van der Waals surface area contributed by atoms with Crippen LogP contribution in [-0.2, 0) is 0 Å². The molecule has 2 heteroatoms. The second-order valence-electron chi connectivity index (χ2n) is 6.09. The Kier molecular flexibility index (Phi) is 3.09. The highest BCUT2D eigenvalue weighted by atomic mass is 15.2. The molecule has 2 N–H and O–H groups in total. The average molecular weight is 210 g/mol. The van der Waals surface area contributed by atoms with Gasteiger partial charge in [0.15, 0.2) is 0 Å². The van der Waals surface area contributed by atoms with Crippen molar-refractivity contribution in [2.75, 3.05) is 6.54 Å². The largest absolute Gasteiger partial charge is 0.326 e. The van der Waals surface area contributed by atoms with Crippen molar-refractivity contribution in [3.8, 4) is 0 Å². The van der Waals surface area contributed by atoms with Gasteiger partial charge in [0, 0.05) is 18.1 Å². The zero-order valence-corrected chi connectivity index (χ0v) is 10.5. The molecule has 0 aliphatic heterocycles. The first-order valence-corrected chi connectivity index (χ1v) is 6.57. The lowest BCUT2D eigenvalue weighted by Crippen LogP contribution is -2.50. The highest BCUT2D eigenvalue weighted by Gasteiger charge is 2.45. The number of rotatable bonds is 4. The Balaban J connectivity index is 2.02. The van der Waals surface area contributed by atoms with Crippen LogP contribution >= 0.6 is 0 Å². The monoisotopic (exact) mass is 210 g/mol. The van der Waals surface area contributed by atoms with Crippen LogP contribution in [-0.4, -0.2) is 29.6 Å². The molecular weight excluding hydrogens is 184 g/mol. The topological polar surface area (TPSA) is 29.3 Å². The van der Waals surface area contributed by atoms with Gasteiger partial charge in [0.25, 0.3) is 0 Å². The molecule has 0 aromatic carbocycles. The quantitative estimate of drug-likeness (QED) is 0.772. The molecule has 2 aliphatic rings. The third kappa shape index (κ3) is 2.21. The Morgan fingerprint density at radius 2 is 1.93 bits per heavy atom. The summed E-state index contributed by atoms with van der Waals surface area (Å²) in [5, 5.41) is 0. The van der Waals surface area contributed by atoms with Crippen LogP contribution in [0.25, 0.3) is 0 Å². The van der Waals surface area contributed by atoms with E-state index in [1.54, 1.807) is 0 Å². The molecule has 2 nitrogen and oxygen atoms in total. The van der Waals surface area contributed by atoms with Crippen LogP contribution in [0.3, 0.4) is 0 Å². The van der Waals surface area contributed by atoms with E-state index in [0.29, 0.717) is 17.5 Å². The summed E-state index contributed by atoms with van der Waals surface area (Å²) in [7, 11) is 0. The second-order valence-corrected chi connectivity index (χ2v) is 6.09. The standard InChI is InChI=1S/C13H26N2/c1-4-9-15(10-5-6-10)11-7-8-13(2,3)12(11)14/h10-12H,4-9,14H2,1-3H3. The van der Waals surface area contributed by atoms with Crippen molar-refractivity contribution < 1.29 is 0 Å². The van der Waals surface area contributed by atoms with Gasteiger partial charge in [-0.05, 0) is 44.1 Å². The molecule has 15 heavy (non-hydrogen) atoms. The molecule has 0 radical (unpaired) electrons. The predicted octanol–water partition coefficient (Wildman–Crippen LogP) is 2.38. The van der Waals surface area contributed by atoms with Gasteiger partial charge in [0.2, 0.25) is 0 Å². The Morgan fingerprint density at radius 1 is 1.27 bits per heavy atom. The third-order valence-electron chi connectivity index (χ3n) is 4.33. The smallest absolute Gasteiger partial charge is 0.0255 e. The summed E-state index contributed by atoms with van der Waals surface area (Å²) in [6.45, 7) is 8.18. The summed E-state index contributed by atoms with van der Waals surface area (Å²) >= 11 is 0. The highest BCUT2D eigenvalue weighted by Crippen LogP contribution is 2.41. The summed E-state index contributed by atoms with van der Waals surface area (Å²) < 4.78 is 0. The van der Waals surface area contributed by atoms with E-state index < -0.39 is 0 Å². The first-order chi connectivity index (χ1) is 7.06. The Labute approximate surface area is 94.2 Å². The third-order valence-corrected chi connectivity index (χ3v) is 4.33. The van der Waals surface area contributed by atoms with Crippen molar-refractivity contribution in [3.05, 3.63) is 0 Å². The van der Waals surface area contributed by atoms with E-state index in [9.17, 15) is 0 Å². The summed E-state index contributed by atoms with van der Waals surface area (Å²) in [5.74, 6) is 0. The summed E-state index contributed by atoms with van der Waals surface area (Å²) in [6.07, 6.45) is 6.68. The van der Waals surface area contributed by atoms with Crippen molar-refractivity contribution in [3.63, 3.8) is 0 Å². The van der Waals surface area contributed by atoms with Gasteiger partial charge in [-0.15, -0.1) is 0 Å². The van der Waals surface area contributed by atoms with Gasteiger partial charge >= 0.3 is 0 Å². The molecule has 2 fully saturated rings. The van der Waals surface area contributed by atoms with Crippen molar-refractivity contribution in [1.29, 1.82) is 0 Å². The second kappa shape index (κ2) is 4.06. The molecule has 0 heterocycles. The predicted molar refractivity (Wildman–Crippen MR) is 64.8 cm³/mol. The summed E-state index contributed by atoms with van der Waals surface area (Å²) in [6, 6.07) is 1.91. The van der Waals surface area contributed by atoms with E-state index in [1.807, 2.05) is 0 Å². The lowest BCUT2D eigenvalue weighted by molar-refractivity contribution is 0.155. The summed E-state index contributed by atoms with van der Waals surface area (Å²) in [4.78, 5) is 2.71. The van der Waals surface area contributed by atoms with Crippen molar-refractivity contribution in [1.82, 2.24) is 4.90 Å². The van der Waals surface area contributed by atoms with Gasteiger partial charge in [-0.2, -0.15) is 0 Å². The lowest BCUT2D eigenvalue weighted by atomic mass is 9.87. The molecule has 0 amide bonds. The zero-order chi connectivity index (χ0) is 11.1. The zero-order valence-electron chi connectivity index (χ0n) is 10.5. The minimum Gasteiger partial charge on any atom is -0.326 e. The van der Waals surface area contributed by atoms with Crippen molar-refractivity contribution >= 4 is 0 Å². The van der Waals surface area contributed by atoms with E-state index >= 15 is 0 Å². The fourth-order valence-electron chi connectivity index (χ4n) is 3.04. The fraction of sp³-hybridized carbons (Fsp3) is 1.00. The number of hydrogen-bond acceptors (Lipinski definition) is 2. The van der Waals surface area contributed by atoms with Crippen LogP contribution in [0.1, 0.15) is 52.9 Å². The molecule has 0 saturated heterocycles. The van der Waals surface area contributed by atoms with Crippen LogP contribution < -0.4 is 5.73 Å². The van der Waals surface area contributed by atoms with Crippen molar-refractivity contribution in [2.24, 2.45) is 11.1 Å². The number of hydrogen-bond donors (Lipinski definition) is 1. The first-order valence-electron chi connectivity index (χ1n) is 6.57. The van der Waals surface area contributed by atoms with Crippen LogP contribution in [0, 0.1) is 5.41 Å². The molecule has 0 spiro atoms. The van der Waals surface area contributed by atoms with Gasteiger partial charge in [0.05, 0.1) is 0 Å². The average Bonchev–Trinajstić information content (AvgIpc) is 2.95. The molecule has 88 valence electrons. The Morgan fingerprint density at radius 3 is 2.33 bits per heavy atom.